The first-order valence-corrected chi connectivity index (χ1v) is 12.0. The molecule has 2 rings (SSSR count). The quantitative estimate of drug-likeness (QED) is 0.400. The zero-order chi connectivity index (χ0) is 22.1. The second kappa shape index (κ2) is 12.5. The zero-order valence-corrected chi connectivity index (χ0v) is 19.3. The van der Waals surface area contributed by atoms with Gasteiger partial charge in [-0.1, -0.05) is 45.4 Å². The third-order valence-corrected chi connectivity index (χ3v) is 7.15. The summed E-state index contributed by atoms with van der Waals surface area (Å²) < 4.78 is 5.04. The lowest BCUT2D eigenvalue weighted by atomic mass is 9.88. The predicted octanol–water partition coefficient (Wildman–Crippen LogP) is 2.97. The number of carboxylic acid groups (broad SMARTS) is 1. The van der Waals surface area contributed by atoms with Crippen molar-refractivity contribution in [2.45, 2.75) is 89.3 Å². The summed E-state index contributed by atoms with van der Waals surface area (Å²) >= 11 is 4.20. The van der Waals surface area contributed by atoms with Gasteiger partial charge in [0.1, 0.15) is 12.6 Å². The third-order valence-electron chi connectivity index (χ3n) is 6.60. The molecular weight excluding hydrogens is 404 g/mol. The Bertz CT molecular complexity index is 558. The molecule has 0 aromatic carbocycles. The summed E-state index contributed by atoms with van der Waals surface area (Å²) in [7, 11) is 1.30. The lowest BCUT2D eigenvalue weighted by molar-refractivity contribution is -0.159. The molecule has 0 aromatic heterocycles. The second-order valence-corrected chi connectivity index (χ2v) is 9.13. The number of carbonyl (C=O) groups is 3. The van der Waals surface area contributed by atoms with Gasteiger partial charge in [-0.05, 0) is 25.7 Å². The van der Waals surface area contributed by atoms with E-state index >= 15 is 0 Å². The highest BCUT2D eigenvalue weighted by atomic mass is 32.1. The summed E-state index contributed by atoms with van der Waals surface area (Å²) in [6.07, 6.45) is 11.5. The van der Waals surface area contributed by atoms with E-state index in [1.165, 1.54) is 50.5 Å². The van der Waals surface area contributed by atoms with E-state index in [9.17, 15) is 19.5 Å². The van der Waals surface area contributed by atoms with Crippen LogP contribution in [-0.2, 0) is 19.1 Å². The number of hydrogen-bond donors (Lipinski definition) is 2. The Morgan fingerprint density at radius 3 is 1.90 bits per heavy atom. The molecule has 1 unspecified atom stereocenters. The highest BCUT2D eigenvalue weighted by Crippen LogP contribution is 2.31. The molecule has 2 fully saturated rings. The van der Waals surface area contributed by atoms with E-state index in [1.54, 1.807) is 6.92 Å². The van der Waals surface area contributed by atoms with Gasteiger partial charge in [0.15, 0.2) is 0 Å². The predicted molar refractivity (Wildman–Crippen MR) is 119 cm³/mol. The van der Waals surface area contributed by atoms with E-state index in [2.05, 4.69) is 17.5 Å². The number of thiol groups is 1. The highest BCUT2D eigenvalue weighted by molar-refractivity contribution is 7.80. The molecule has 0 bridgehead atoms. The average Bonchev–Trinajstić information content (AvgIpc) is 2.78. The van der Waals surface area contributed by atoms with E-state index in [0.717, 1.165) is 25.7 Å². The van der Waals surface area contributed by atoms with Crippen molar-refractivity contribution in [3.63, 3.8) is 0 Å². The van der Waals surface area contributed by atoms with Crippen LogP contribution < -0.4 is 0 Å². The molecule has 2 aliphatic rings. The van der Waals surface area contributed by atoms with E-state index in [0.29, 0.717) is 18.6 Å². The van der Waals surface area contributed by atoms with E-state index in [1.807, 2.05) is 0 Å². The highest BCUT2D eigenvalue weighted by Gasteiger charge is 2.39. The number of methoxy groups -OCH3 is 1. The molecule has 0 aliphatic heterocycles. The van der Waals surface area contributed by atoms with Gasteiger partial charge in [-0.25, -0.2) is 4.79 Å². The Kier molecular flexibility index (Phi) is 10.4. The van der Waals surface area contributed by atoms with Gasteiger partial charge in [0.2, 0.25) is 5.91 Å². The number of carbonyl (C=O) groups excluding carboxylic acids is 2. The van der Waals surface area contributed by atoms with Gasteiger partial charge in [-0.15, -0.1) is 0 Å². The van der Waals surface area contributed by atoms with E-state index in [4.69, 9.17) is 4.74 Å². The van der Waals surface area contributed by atoms with Crippen molar-refractivity contribution >= 4 is 30.5 Å². The molecule has 1 N–H and O–H groups in total. The maximum Gasteiger partial charge on any atom is 0.329 e. The van der Waals surface area contributed by atoms with Crippen molar-refractivity contribution in [3.8, 4) is 0 Å². The van der Waals surface area contributed by atoms with Crippen molar-refractivity contribution in [3.05, 3.63) is 0 Å². The smallest absolute Gasteiger partial charge is 0.329 e. The molecular formula is C22H38N2O5S. The molecule has 0 saturated heterocycles. The topological polar surface area (TPSA) is 87.2 Å². The van der Waals surface area contributed by atoms with Crippen LogP contribution in [0.1, 0.15) is 71.1 Å². The molecule has 0 heterocycles. The van der Waals surface area contributed by atoms with Crippen LogP contribution in [0.5, 0.6) is 0 Å². The van der Waals surface area contributed by atoms with Crippen LogP contribution in [0, 0.1) is 5.92 Å². The summed E-state index contributed by atoms with van der Waals surface area (Å²) in [5.74, 6) is -2.23. The van der Waals surface area contributed by atoms with Crippen molar-refractivity contribution in [2.75, 3.05) is 26.0 Å². The van der Waals surface area contributed by atoms with Crippen molar-refractivity contribution in [1.29, 1.82) is 0 Å². The van der Waals surface area contributed by atoms with Gasteiger partial charge >= 0.3 is 11.9 Å². The number of rotatable bonds is 10. The maximum atomic E-state index is 13.0. The molecule has 172 valence electrons. The zero-order valence-electron chi connectivity index (χ0n) is 18.4. The standard InChI is InChI=1S/C22H38N2O5S/c1-16(15-30)21(27)24(14-20(25)26)19(22(28)29-2)13-23(17-9-5-3-6-10-17)18-11-7-4-8-12-18/h16-19,30H,3-15H2,1-2H3,(H,25,26)/t16?,19-/m0/s1. The van der Waals surface area contributed by atoms with Crippen LogP contribution in [0.2, 0.25) is 0 Å². The second-order valence-electron chi connectivity index (χ2n) is 8.76. The minimum Gasteiger partial charge on any atom is -0.480 e. The van der Waals surface area contributed by atoms with Gasteiger partial charge in [-0.2, -0.15) is 12.6 Å². The van der Waals surface area contributed by atoms with E-state index in [-0.39, 0.29) is 11.7 Å². The maximum absolute atomic E-state index is 13.0. The van der Waals surface area contributed by atoms with Gasteiger partial charge < -0.3 is 14.7 Å². The molecule has 30 heavy (non-hydrogen) atoms. The Morgan fingerprint density at radius 1 is 1.00 bits per heavy atom. The first-order chi connectivity index (χ1) is 14.4. The first kappa shape index (κ1) is 25.0. The molecule has 2 aliphatic carbocycles. The number of ether oxygens (including phenoxy) is 1. The molecule has 7 nitrogen and oxygen atoms in total. The van der Waals surface area contributed by atoms with Gasteiger partial charge in [0.05, 0.1) is 7.11 Å². The molecule has 0 radical (unpaired) electrons. The summed E-state index contributed by atoms with van der Waals surface area (Å²) in [4.78, 5) is 41.0. The number of esters is 1. The lowest BCUT2D eigenvalue weighted by Crippen LogP contribution is -2.58. The Balaban J connectivity index is 2.32. The van der Waals surface area contributed by atoms with Crippen molar-refractivity contribution in [1.82, 2.24) is 9.80 Å². The summed E-state index contributed by atoms with van der Waals surface area (Å²) in [5.41, 5.74) is 0. The van der Waals surface area contributed by atoms with Gasteiger partial charge in [0, 0.05) is 30.3 Å². The van der Waals surface area contributed by atoms with Crippen molar-refractivity contribution < 1.29 is 24.2 Å². The largest absolute Gasteiger partial charge is 0.480 e. The van der Waals surface area contributed by atoms with Crippen LogP contribution in [0.15, 0.2) is 0 Å². The van der Waals surface area contributed by atoms with Gasteiger partial charge in [0.25, 0.3) is 0 Å². The Morgan fingerprint density at radius 2 is 1.50 bits per heavy atom. The Labute approximate surface area is 185 Å². The number of carboxylic acids is 1. The minimum atomic E-state index is -1.13. The van der Waals surface area contributed by atoms with Crippen LogP contribution in [0.25, 0.3) is 0 Å². The molecule has 2 saturated carbocycles. The molecule has 0 spiro atoms. The van der Waals surface area contributed by atoms with Crippen molar-refractivity contribution in [2.24, 2.45) is 5.92 Å². The average molecular weight is 443 g/mol. The SMILES string of the molecule is COC(=O)[C@H](CN(C1CCCCC1)C1CCCCC1)N(CC(=O)O)C(=O)C(C)CS. The van der Waals surface area contributed by atoms with Gasteiger partial charge in [-0.3, -0.25) is 14.5 Å². The summed E-state index contributed by atoms with van der Waals surface area (Å²) in [5, 5.41) is 9.44. The number of aliphatic carboxylic acids is 1. The van der Waals surface area contributed by atoms with E-state index < -0.39 is 30.4 Å². The van der Waals surface area contributed by atoms with Crippen LogP contribution >= 0.6 is 12.6 Å². The molecule has 8 heteroatoms. The first-order valence-electron chi connectivity index (χ1n) is 11.4. The fraction of sp³-hybridized carbons (Fsp3) is 0.864. The molecule has 0 aromatic rings. The number of amides is 1. The molecule has 2 atom stereocenters. The summed E-state index contributed by atoms with van der Waals surface area (Å²) in [6, 6.07) is -0.180. The Hall–Kier alpha value is -1.28. The third kappa shape index (κ3) is 6.87. The van der Waals surface area contributed by atoms with Crippen LogP contribution in [-0.4, -0.2) is 76.8 Å². The molecule has 1 amide bonds. The fourth-order valence-electron chi connectivity index (χ4n) is 4.91. The minimum absolute atomic E-state index is 0.289. The van der Waals surface area contributed by atoms with Crippen LogP contribution in [0.4, 0.5) is 0 Å². The number of nitrogens with zero attached hydrogens (tertiary/aromatic N) is 2. The monoisotopic (exact) mass is 442 g/mol. The normalized spacial score (nSPS) is 20.5. The fourth-order valence-corrected chi connectivity index (χ4v) is 5.06. The van der Waals surface area contributed by atoms with Crippen LogP contribution in [0.3, 0.4) is 0 Å². The lowest BCUT2D eigenvalue weighted by Gasteiger charge is -2.44. The summed E-state index contributed by atoms with van der Waals surface area (Å²) in [6.45, 7) is 1.53. The number of hydrogen-bond acceptors (Lipinski definition) is 6.